The van der Waals surface area contributed by atoms with Crippen molar-refractivity contribution in [2.75, 3.05) is 5.32 Å². The number of thiophene rings is 1. The molecule has 0 saturated carbocycles. The van der Waals surface area contributed by atoms with Crippen LogP contribution in [-0.2, 0) is 19.1 Å². The molecule has 1 aromatic carbocycles. The van der Waals surface area contributed by atoms with Gasteiger partial charge in [0.25, 0.3) is 5.79 Å². The maximum Gasteiger partial charge on any atom is 0.350 e. The molecule has 2 heterocycles. The molecule has 1 saturated heterocycles. The normalized spacial score (nSPS) is 16.5. The molecule has 1 N–H and O–H groups in total. The van der Waals surface area contributed by atoms with Crippen molar-refractivity contribution >= 4 is 29.0 Å². The van der Waals surface area contributed by atoms with Gasteiger partial charge in [0.2, 0.25) is 0 Å². The number of benzene rings is 1. The summed E-state index contributed by atoms with van der Waals surface area (Å²) in [4.78, 5) is 23.7. The summed E-state index contributed by atoms with van der Waals surface area (Å²) in [5.74, 6) is -2.63. The standard InChI is InChI=1S/C17H15NO4S/c1-17(2)21-15(19)14(16(20)22-17)9-18-13-5-3-4-11(8-13)12-6-7-23-10-12/h3-10,18H,1-2H3. The van der Waals surface area contributed by atoms with E-state index in [2.05, 4.69) is 10.7 Å². The van der Waals surface area contributed by atoms with Crippen LogP contribution in [0.1, 0.15) is 13.8 Å². The zero-order valence-electron chi connectivity index (χ0n) is 12.7. The fourth-order valence-corrected chi connectivity index (χ4v) is 2.82. The molecule has 0 aliphatic carbocycles. The van der Waals surface area contributed by atoms with E-state index in [1.54, 1.807) is 11.3 Å². The molecule has 1 fully saturated rings. The van der Waals surface area contributed by atoms with Gasteiger partial charge in [0, 0.05) is 25.7 Å². The van der Waals surface area contributed by atoms with E-state index in [-0.39, 0.29) is 5.57 Å². The molecule has 23 heavy (non-hydrogen) atoms. The van der Waals surface area contributed by atoms with Gasteiger partial charge in [-0.2, -0.15) is 11.3 Å². The second-order valence-electron chi connectivity index (χ2n) is 5.47. The van der Waals surface area contributed by atoms with Crippen LogP contribution in [0.2, 0.25) is 0 Å². The highest BCUT2D eigenvalue weighted by Crippen LogP contribution is 2.26. The van der Waals surface area contributed by atoms with Gasteiger partial charge in [-0.3, -0.25) is 0 Å². The van der Waals surface area contributed by atoms with Gasteiger partial charge in [0.15, 0.2) is 5.57 Å². The number of anilines is 1. The van der Waals surface area contributed by atoms with E-state index in [0.29, 0.717) is 0 Å². The van der Waals surface area contributed by atoms with Crippen molar-refractivity contribution in [1.82, 2.24) is 0 Å². The lowest BCUT2D eigenvalue weighted by molar-refractivity contribution is -0.222. The van der Waals surface area contributed by atoms with E-state index in [9.17, 15) is 9.59 Å². The molecule has 0 atom stereocenters. The summed E-state index contributed by atoms with van der Waals surface area (Å²) < 4.78 is 10.1. The van der Waals surface area contributed by atoms with Crippen LogP contribution < -0.4 is 5.32 Å². The van der Waals surface area contributed by atoms with Crippen molar-refractivity contribution in [2.45, 2.75) is 19.6 Å². The highest BCUT2D eigenvalue weighted by molar-refractivity contribution is 7.08. The molecule has 0 radical (unpaired) electrons. The SMILES string of the molecule is CC1(C)OC(=O)C(=CNc2cccc(-c3ccsc3)c2)C(=O)O1. The fourth-order valence-electron chi connectivity index (χ4n) is 2.15. The first-order valence-corrected chi connectivity index (χ1v) is 7.95. The third kappa shape index (κ3) is 3.43. The Morgan fingerprint density at radius 1 is 1.09 bits per heavy atom. The number of carbonyl (C=O) groups excluding carboxylic acids is 2. The summed E-state index contributed by atoms with van der Waals surface area (Å²) in [6.45, 7) is 3.02. The van der Waals surface area contributed by atoms with Crippen molar-refractivity contribution in [3.63, 3.8) is 0 Å². The Morgan fingerprint density at radius 3 is 2.48 bits per heavy atom. The Balaban J connectivity index is 1.79. The first-order valence-electron chi connectivity index (χ1n) is 7.01. The lowest BCUT2D eigenvalue weighted by Crippen LogP contribution is -2.42. The largest absolute Gasteiger partial charge is 0.419 e. The van der Waals surface area contributed by atoms with Crippen molar-refractivity contribution in [1.29, 1.82) is 0 Å². The van der Waals surface area contributed by atoms with Crippen molar-refractivity contribution in [3.8, 4) is 11.1 Å². The van der Waals surface area contributed by atoms with Crippen LogP contribution in [0.25, 0.3) is 11.1 Å². The molecule has 0 spiro atoms. The zero-order valence-corrected chi connectivity index (χ0v) is 13.5. The van der Waals surface area contributed by atoms with E-state index in [1.165, 1.54) is 20.0 Å². The summed E-state index contributed by atoms with van der Waals surface area (Å²) in [7, 11) is 0. The molecule has 2 aromatic rings. The molecule has 1 aliphatic rings. The minimum Gasteiger partial charge on any atom is -0.419 e. The lowest BCUT2D eigenvalue weighted by atomic mass is 10.1. The molecule has 6 heteroatoms. The predicted octanol–water partition coefficient (Wildman–Crippen LogP) is 3.55. The van der Waals surface area contributed by atoms with Gasteiger partial charge in [-0.25, -0.2) is 9.59 Å². The minimum absolute atomic E-state index is 0.162. The monoisotopic (exact) mass is 329 g/mol. The topological polar surface area (TPSA) is 64.6 Å². The van der Waals surface area contributed by atoms with Crippen molar-refractivity contribution < 1.29 is 19.1 Å². The Morgan fingerprint density at radius 2 is 1.83 bits per heavy atom. The molecule has 1 aliphatic heterocycles. The second kappa shape index (κ2) is 5.89. The van der Waals surface area contributed by atoms with Gasteiger partial charge in [-0.15, -0.1) is 0 Å². The van der Waals surface area contributed by atoms with Crippen LogP contribution in [0.4, 0.5) is 5.69 Å². The number of cyclic esters (lactones) is 2. The van der Waals surface area contributed by atoms with Gasteiger partial charge in [-0.05, 0) is 40.1 Å². The molecular formula is C17H15NO4S. The van der Waals surface area contributed by atoms with Crippen LogP contribution in [0.3, 0.4) is 0 Å². The first-order chi connectivity index (χ1) is 10.9. The highest BCUT2D eigenvalue weighted by atomic mass is 32.1. The van der Waals surface area contributed by atoms with E-state index < -0.39 is 17.7 Å². The minimum atomic E-state index is -1.23. The second-order valence-corrected chi connectivity index (χ2v) is 6.25. The van der Waals surface area contributed by atoms with Crippen LogP contribution in [0.15, 0.2) is 52.9 Å². The Hall–Kier alpha value is -2.60. The van der Waals surface area contributed by atoms with Crippen LogP contribution >= 0.6 is 11.3 Å². The predicted molar refractivity (Wildman–Crippen MR) is 87.7 cm³/mol. The smallest absolute Gasteiger partial charge is 0.350 e. The molecule has 0 unspecified atom stereocenters. The summed E-state index contributed by atoms with van der Waals surface area (Å²) in [6, 6.07) is 9.69. The quantitative estimate of drug-likeness (QED) is 0.530. The molecule has 5 nitrogen and oxygen atoms in total. The maximum atomic E-state index is 11.9. The molecule has 3 rings (SSSR count). The summed E-state index contributed by atoms with van der Waals surface area (Å²) in [6.07, 6.45) is 1.31. The number of ether oxygens (including phenoxy) is 2. The molecule has 118 valence electrons. The maximum absolute atomic E-state index is 11.9. The molecule has 0 amide bonds. The number of nitrogens with one attached hydrogen (secondary N) is 1. The number of esters is 2. The zero-order chi connectivity index (χ0) is 16.4. The molecule has 0 bridgehead atoms. The van der Waals surface area contributed by atoms with E-state index in [1.807, 2.05) is 35.7 Å². The highest BCUT2D eigenvalue weighted by Gasteiger charge is 2.38. The van der Waals surface area contributed by atoms with Gasteiger partial charge in [-0.1, -0.05) is 12.1 Å². The number of hydrogen-bond donors (Lipinski definition) is 1. The van der Waals surface area contributed by atoms with Crippen LogP contribution in [0.5, 0.6) is 0 Å². The van der Waals surface area contributed by atoms with E-state index in [0.717, 1.165) is 16.8 Å². The Kier molecular flexibility index (Phi) is 3.92. The van der Waals surface area contributed by atoms with E-state index >= 15 is 0 Å². The average molecular weight is 329 g/mol. The summed E-state index contributed by atoms with van der Waals surface area (Å²) in [5.41, 5.74) is 2.76. The van der Waals surface area contributed by atoms with Crippen molar-refractivity contribution in [3.05, 3.63) is 52.9 Å². The Bertz CT molecular complexity index is 756. The number of hydrogen-bond acceptors (Lipinski definition) is 6. The third-order valence-electron chi connectivity index (χ3n) is 3.22. The van der Waals surface area contributed by atoms with Gasteiger partial charge < -0.3 is 14.8 Å². The first kappa shape index (κ1) is 15.3. The van der Waals surface area contributed by atoms with Crippen LogP contribution in [0, 0.1) is 0 Å². The summed E-state index contributed by atoms with van der Waals surface area (Å²) in [5, 5.41) is 7.00. The van der Waals surface area contributed by atoms with Crippen molar-refractivity contribution in [2.24, 2.45) is 0 Å². The fraction of sp³-hybridized carbons (Fsp3) is 0.176. The lowest BCUT2D eigenvalue weighted by Gasteiger charge is -2.29. The number of carbonyl (C=O) groups is 2. The number of rotatable bonds is 3. The van der Waals surface area contributed by atoms with Gasteiger partial charge >= 0.3 is 11.9 Å². The van der Waals surface area contributed by atoms with E-state index in [4.69, 9.17) is 9.47 Å². The van der Waals surface area contributed by atoms with Gasteiger partial charge in [0.05, 0.1) is 0 Å². The van der Waals surface area contributed by atoms with Gasteiger partial charge in [0.1, 0.15) is 0 Å². The Labute approximate surface area is 137 Å². The average Bonchev–Trinajstić information content (AvgIpc) is 2.99. The third-order valence-corrected chi connectivity index (χ3v) is 3.90. The molecular weight excluding hydrogens is 314 g/mol. The molecule has 1 aromatic heterocycles. The summed E-state index contributed by atoms with van der Waals surface area (Å²) >= 11 is 1.62. The van der Waals surface area contributed by atoms with Crippen LogP contribution in [-0.4, -0.2) is 17.7 Å².